The van der Waals surface area contributed by atoms with Crippen molar-refractivity contribution in [2.45, 2.75) is 13.8 Å². The monoisotopic (exact) mass is 341 g/mol. The van der Waals surface area contributed by atoms with Crippen molar-refractivity contribution < 1.29 is 0 Å². The highest BCUT2D eigenvalue weighted by Gasteiger charge is 2.14. The standard InChI is InChI=1S/C22H19N3O/c1-16-11-12-17(2)25(16)21-14-18(20-10-6-7-13-23-20)15-24(22(21)26)19-8-4-3-5-9-19/h3-15H,1-2H3. The van der Waals surface area contributed by atoms with Gasteiger partial charge in [-0.3, -0.25) is 14.3 Å². The summed E-state index contributed by atoms with van der Waals surface area (Å²) < 4.78 is 3.69. The van der Waals surface area contributed by atoms with Crippen molar-refractivity contribution in [2.24, 2.45) is 0 Å². The fourth-order valence-corrected chi connectivity index (χ4v) is 3.23. The molecule has 26 heavy (non-hydrogen) atoms. The van der Waals surface area contributed by atoms with E-state index in [4.69, 9.17) is 0 Å². The largest absolute Gasteiger partial charge is 0.314 e. The Morgan fingerprint density at radius 2 is 1.54 bits per heavy atom. The van der Waals surface area contributed by atoms with Crippen LogP contribution < -0.4 is 5.56 Å². The molecule has 0 fully saturated rings. The zero-order chi connectivity index (χ0) is 18.1. The third kappa shape index (κ3) is 2.75. The Kier molecular flexibility index (Phi) is 4.01. The first kappa shape index (κ1) is 16.1. The summed E-state index contributed by atoms with van der Waals surface area (Å²) in [4.78, 5) is 17.7. The molecular formula is C22H19N3O. The summed E-state index contributed by atoms with van der Waals surface area (Å²) >= 11 is 0. The molecule has 0 amide bonds. The molecule has 0 aliphatic carbocycles. The highest BCUT2D eigenvalue weighted by Crippen LogP contribution is 2.22. The van der Waals surface area contributed by atoms with Crippen LogP contribution in [0.3, 0.4) is 0 Å². The average Bonchev–Trinajstić information content (AvgIpc) is 3.02. The molecule has 4 nitrogen and oxygen atoms in total. The van der Waals surface area contributed by atoms with Crippen molar-refractivity contribution in [1.29, 1.82) is 0 Å². The summed E-state index contributed by atoms with van der Waals surface area (Å²) in [5.41, 5.74) is 5.18. The van der Waals surface area contributed by atoms with Crippen LogP contribution in [-0.4, -0.2) is 14.1 Å². The normalized spacial score (nSPS) is 10.8. The molecule has 0 saturated carbocycles. The Morgan fingerprint density at radius 1 is 0.846 bits per heavy atom. The average molecular weight is 341 g/mol. The summed E-state index contributed by atoms with van der Waals surface area (Å²) in [7, 11) is 0. The van der Waals surface area contributed by atoms with Gasteiger partial charge in [0.1, 0.15) is 5.69 Å². The third-order valence-corrected chi connectivity index (χ3v) is 4.51. The number of hydrogen-bond donors (Lipinski definition) is 0. The first-order chi connectivity index (χ1) is 12.6. The van der Waals surface area contributed by atoms with Gasteiger partial charge in [-0.1, -0.05) is 24.3 Å². The van der Waals surface area contributed by atoms with Gasteiger partial charge in [0, 0.05) is 35.0 Å². The van der Waals surface area contributed by atoms with Crippen LogP contribution in [-0.2, 0) is 0 Å². The van der Waals surface area contributed by atoms with E-state index in [1.54, 1.807) is 10.8 Å². The van der Waals surface area contributed by atoms with E-state index >= 15 is 0 Å². The summed E-state index contributed by atoms with van der Waals surface area (Å²) in [6.45, 7) is 4.01. The van der Waals surface area contributed by atoms with E-state index < -0.39 is 0 Å². The van der Waals surface area contributed by atoms with Gasteiger partial charge in [0.25, 0.3) is 5.56 Å². The number of aromatic nitrogens is 3. The zero-order valence-electron chi connectivity index (χ0n) is 14.8. The molecule has 0 aliphatic heterocycles. The van der Waals surface area contributed by atoms with Crippen LogP contribution >= 0.6 is 0 Å². The molecule has 1 aromatic carbocycles. The molecule has 4 rings (SSSR count). The minimum atomic E-state index is -0.0571. The fourth-order valence-electron chi connectivity index (χ4n) is 3.23. The third-order valence-electron chi connectivity index (χ3n) is 4.51. The molecule has 4 aromatic rings. The minimum absolute atomic E-state index is 0.0571. The molecule has 0 N–H and O–H groups in total. The lowest BCUT2D eigenvalue weighted by Gasteiger charge is -2.15. The lowest BCUT2D eigenvalue weighted by Crippen LogP contribution is -2.24. The van der Waals surface area contributed by atoms with E-state index in [1.165, 1.54) is 0 Å². The minimum Gasteiger partial charge on any atom is -0.314 e. The van der Waals surface area contributed by atoms with Crippen LogP contribution in [0.15, 0.2) is 83.9 Å². The van der Waals surface area contributed by atoms with Gasteiger partial charge < -0.3 is 4.57 Å². The topological polar surface area (TPSA) is 39.8 Å². The van der Waals surface area contributed by atoms with Crippen LogP contribution in [0, 0.1) is 13.8 Å². The molecule has 128 valence electrons. The van der Waals surface area contributed by atoms with Crippen molar-refractivity contribution in [3.63, 3.8) is 0 Å². The number of benzene rings is 1. The summed E-state index contributed by atoms with van der Waals surface area (Å²) in [6, 6.07) is 21.4. The van der Waals surface area contributed by atoms with Gasteiger partial charge >= 0.3 is 0 Å². The van der Waals surface area contributed by atoms with Crippen LogP contribution in [0.25, 0.3) is 22.6 Å². The van der Waals surface area contributed by atoms with Crippen LogP contribution in [0.2, 0.25) is 0 Å². The maximum absolute atomic E-state index is 13.3. The number of rotatable bonds is 3. The number of pyridine rings is 2. The maximum atomic E-state index is 13.3. The Balaban J connectivity index is 2.04. The zero-order valence-corrected chi connectivity index (χ0v) is 14.8. The SMILES string of the molecule is Cc1ccc(C)n1-c1cc(-c2ccccn2)cn(-c2ccccc2)c1=O. The molecule has 0 aliphatic rings. The summed E-state index contributed by atoms with van der Waals surface area (Å²) in [5.74, 6) is 0. The number of hydrogen-bond acceptors (Lipinski definition) is 2. The second kappa shape index (κ2) is 6.48. The summed E-state index contributed by atoms with van der Waals surface area (Å²) in [5, 5.41) is 0. The van der Waals surface area contributed by atoms with Gasteiger partial charge in [-0.15, -0.1) is 0 Å². The van der Waals surface area contributed by atoms with Crippen LogP contribution in [0.1, 0.15) is 11.4 Å². The molecule has 0 radical (unpaired) electrons. The number of aryl methyl sites for hydroxylation is 2. The second-order valence-electron chi connectivity index (χ2n) is 6.29. The molecule has 3 aromatic heterocycles. The van der Waals surface area contributed by atoms with Gasteiger partial charge in [0.15, 0.2) is 0 Å². The Morgan fingerprint density at radius 3 is 2.19 bits per heavy atom. The van der Waals surface area contributed by atoms with Gasteiger partial charge in [-0.25, -0.2) is 0 Å². The van der Waals surface area contributed by atoms with E-state index in [0.717, 1.165) is 28.3 Å². The molecule has 0 saturated heterocycles. The summed E-state index contributed by atoms with van der Waals surface area (Å²) in [6.07, 6.45) is 3.62. The van der Waals surface area contributed by atoms with E-state index in [1.807, 2.05) is 91.3 Å². The van der Waals surface area contributed by atoms with E-state index in [-0.39, 0.29) is 5.56 Å². The highest BCUT2D eigenvalue weighted by molar-refractivity contribution is 5.62. The Labute approximate surface area is 152 Å². The predicted molar refractivity (Wildman–Crippen MR) is 104 cm³/mol. The van der Waals surface area contributed by atoms with E-state index in [9.17, 15) is 4.79 Å². The Hall–Kier alpha value is -3.40. The van der Waals surface area contributed by atoms with Crippen molar-refractivity contribution in [3.8, 4) is 22.6 Å². The number of para-hydroxylation sites is 1. The van der Waals surface area contributed by atoms with Gasteiger partial charge in [-0.05, 0) is 56.3 Å². The van der Waals surface area contributed by atoms with Crippen molar-refractivity contribution in [3.05, 3.63) is 101 Å². The molecule has 3 heterocycles. The first-order valence-electron chi connectivity index (χ1n) is 8.54. The van der Waals surface area contributed by atoms with Crippen molar-refractivity contribution in [1.82, 2.24) is 14.1 Å². The maximum Gasteiger partial charge on any atom is 0.279 e. The van der Waals surface area contributed by atoms with Crippen molar-refractivity contribution >= 4 is 0 Å². The van der Waals surface area contributed by atoms with Crippen molar-refractivity contribution in [2.75, 3.05) is 0 Å². The smallest absolute Gasteiger partial charge is 0.279 e. The quantitative estimate of drug-likeness (QED) is 0.557. The van der Waals surface area contributed by atoms with Gasteiger partial charge in [0.2, 0.25) is 0 Å². The molecule has 0 unspecified atom stereocenters. The molecule has 0 atom stereocenters. The lowest BCUT2D eigenvalue weighted by molar-refractivity contribution is 0.898. The predicted octanol–water partition coefficient (Wildman–Crippen LogP) is 4.31. The molecule has 0 bridgehead atoms. The molecule has 4 heteroatoms. The van der Waals surface area contributed by atoms with Gasteiger partial charge in [-0.2, -0.15) is 0 Å². The lowest BCUT2D eigenvalue weighted by atomic mass is 10.1. The molecule has 0 spiro atoms. The van der Waals surface area contributed by atoms with E-state index in [0.29, 0.717) is 5.69 Å². The molecular weight excluding hydrogens is 322 g/mol. The Bertz CT molecular complexity index is 1090. The number of nitrogens with zero attached hydrogens (tertiary/aromatic N) is 3. The second-order valence-corrected chi connectivity index (χ2v) is 6.29. The van der Waals surface area contributed by atoms with Crippen LogP contribution in [0.4, 0.5) is 0 Å². The van der Waals surface area contributed by atoms with Gasteiger partial charge in [0.05, 0.1) is 5.69 Å². The first-order valence-corrected chi connectivity index (χ1v) is 8.54. The fraction of sp³-hybridized carbons (Fsp3) is 0.0909. The van der Waals surface area contributed by atoms with Crippen LogP contribution in [0.5, 0.6) is 0 Å². The highest BCUT2D eigenvalue weighted by atomic mass is 16.1. The van der Waals surface area contributed by atoms with E-state index in [2.05, 4.69) is 4.98 Å².